The first-order chi connectivity index (χ1) is 8.19. The van der Waals surface area contributed by atoms with Crippen molar-refractivity contribution < 1.29 is 9.15 Å². The smallest absolute Gasteiger partial charge is 0.213 e. The molecule has 2 aromatic heterocycles. The summed E-state index contributed by atoms with van der Waals surface area (Å²) in [6.07, 6.45) is 3.25. The number of aliphatic imine (C=N–C) groups is 1. The maximum atomic E-state index is 5.36. The van der Waals surface area contributed by atoms with E-state index in [1.165, 1.54) is 0 Å². The van der Waals surface area contributed by atoms with E-state index in [1.807, 2.05) is 12.1 Å². The van der Waals surface area contributed by atoms with Gasteiger partial charge in [0.2, 0.25) is 5.88 Å². The van der Waals surface area contributed by atoms with Crippen LogP contribution in [-0.2, 0) is 0 Å². The second-order valence-corrected chi connectivity index (χ2v) is 4.66. The molecule has 0 bridgehead atoms. The normalized spacial score (nSPS) is 11.0. The molecule has 0 spiro atoms. The molecule has 4 nitrogen and oxygen atoms in total. The van der Waals surface area contributed by atoms with Crippen molar-refractivity contribution in [1.82, 2.24) is 4.98 Å². The van der Waals surface area contributed by atoms with Gasteiger partial charge >= 0.3 is 0 Å². The molecule has 0 fully saturated rings. The Morgan fingerprint density at radius 2 is 2.24 bits per heavy atom. The predicted octanol–water partition coefficient (Wildman–Crippen LogP) is 3.96. The largest absolute Gasteiger partial charge is 0.481 e. The third-order valence-corrected chi connectivity index (χ3v) is 3.65. The highest BCUT2D eigenvalue weighted by atomic mass is 79.9. The number of pyridine rings is 1. The topological polar surface area (TPSA) is 47.6 Å². The average molecular weight is 360 g/mol. The van der Waals surface area contributed by atoms with Crippen LogP contribution in [0.25, 0.3) is 0 Å². The first-order valence-electron chi connectivity index (χ1n) is 4.68. The summed E-state index contributed by atoms with van der Waals surface area (Å²) in [5, 5.41) is 0. The molecule has 0 radical (unpaired) electrons. The summed E-state index contributed by atoms with van der Waals surface area (Å²) >= 11 is 6.59. The number of nitrogens with zero attached hydrogens (tertiary/aromatic N) is 2. The van der Waals surface area contributed by atoms with Crippen LogP contribution in [0.15, 0.2) is 42.9 Å². The number of furan rings is 1. The second-order valence-electron chi connectivity index (χ2n) is 3.09. The molecule has 88 valence electrons. The SMILES string of the molecule is COc1ccc(N=Cc2cc(Br)c(Br)o2)cn1. The van der Waals surface area contributed by atoms with Gasteiger partial charge in [0.05, 0.1) is 29.7 Å². The highest BCUT2D eigenvalue weighted by Gasteiger charge is 2.03. The minimum Gasteiger partial charge on any atom is -0.481 e. The molecule has 0 atom stereocenters. The van der Waals surface area contributed by atoms with E-state index in [4.69, 9.17) is 9.15 Å². The Morgan fingerprint density at radius 1 is 1.41 bits per heavy atom. The number of hydrogen-bond acceptors (Lipinski definition) is 4. The molecule has 0 N–H and O–H groups in total. The van der Waals surface area contributed by atoms with Crippen molar-refractivity contribution in [2.75, 3.05) is 7.11 Å². The van der Waals surface area contributed by atoms with Gasteiger partial charge in [-0.2, -0.15) is 0 Å². The molecule has 17 heavy (non-hydrogen) atoms. The Balaban J connectivity index is 2.14. The fourth-order valence-corrected chi connectivity index (χ4v) is 1.74. The van der Waals surface area contributed by atoms with Crippen LogP contribution in [0, 0.1) is 0 Å². The Morgan fingerprint density at radius 3 is 2.76 bits per heavy atom. The monoisotopic (exact) mass is 358 g/mol. The van der Waals surface area contributed by atoms with Gasteiger partial charge in [0.15, 0.2) is 4.67 Å². The second kappa shape index (κ2) is 5.46. The van der Waals surface area contributed by atoms with Crippen LogP contribution < -0.4 is 4.74 Å². The van der Waals surface area contributed by atoms with Crippen LogP contribution in [0.1, 0.15) is 5.76 Å². The van der Waals surface area contributed by atoms with Gasteiger partial charge in [0, 0.05) is 12.1 Å². The van der Waals surface area contributed by atoms with Crippen molar-refractivity contribution >= 4 is 43.8 Å². The molecular formula is C11H8Br2N2O2. The molecule has 2 rings (SSSR count). The van der Waals surface area contributed by atoms with Crippen LogP contribution in [0.4, 0.5) is 5.69 Å². The van der Waals surface area contributed by atoms with Crippen molar-refractivity contribution in [3.05, 3.63) is 39.3 Å². The summed E-state index contributed by atoms with van der Waals surface area (Å²) in [4.78, 5) is 8.27. The van der Waals surface area contributed by atoms with Crippen LogP contribution in [0.2, 0.25) is 0 Å². The molecule has 0 amide bonds. The van der Waals surface area contributed by atoms with Gasteiger partial charge in [0.25, 0.3) is 0 Å². The van der Waals surface area contributed by atoms with Crippen molar-refractivity contribution in [3.8, 4) is 5.88 Å². The van der Waals surface area contributed by atoms with Gasteiger partial charge < -0.3 is 9.15 Å². The van der Waals surface area contributed by atoms with Gasteiger partial charge in [-0.05, 0) is 37.9 Å². The first-order valence-corrected chi connectivity index (χ1v) is 6.26. The zero-order valence-corrected chi connectivity index (χ0v) is 12.0. The molecule has 0 aliphatic rings. The lowest BCUT2D eigenvalue weighted by Crippen LogP contribution is -1.84. The van der Waals surface area contributed by atoms with Crippen molar-refractivity contribution in [2.24, 2.45) is 4.99 Å². The zero-order chi connectivity index (χ0) is 12.3. The van der Waals surface area contributed by atoms with Gasteiger partial charge in [-0.25, -0.2) is 4.98 Å². The molecule has 0 aromatic carbocycles. The number of rotatable bonds is 3. The number of ether oxygens (including phenoxy) is 1. The van der Waals surface area contributed by atoms with E-state index >= 15 is 0 Å². The maximum absolute atomic E-state index is 5.36. The summed E-state index contributed by atoms with van der Waals surface area (Å²) in [6, 6.07) is 5.39. The molecule has 0 unspecified atom stereocenters. The third kappa shape index (κ3) is 3.17. The maximum Gasteiger partial charge on any atom is 0.213 e. The van der Waals surface area contributed by atoms with Crippen LogP contribution in [-0.4, -0.2) is 18.3 Å². The molecule has 6 heteroatoms. The fourth-order valence-electron chi connectivity index (χ4n) is 1.13. The summed E-state index contributed by atoms with van der Waals surface area (Å²) in [5.74, 6) is 1.21. The molecular weight excluding hydrogens is 352 g/mol. The average Bonchev–Trinajstić information content (AvgIpc) is 2.67. The number of hydrogen-bond donors (Lipinski definition) is 0. The number of aromatic nitrogens is 1. The van der Waals surface area contributed by atoms with E-state index in [9.17, 15) is 0 Å². The van der Waals surface area contributed by atoms with Crippen molar-refractivity contribution in [2.45, 2.75) is 0 Å². The lowest BCUT2D eigenvalue weighted by Gasteiger charge is -1.96. The summed E-state index contributed by atoms with van der Waals surface area (Å²) < 4.78 is 11.8. The predicted molar refractivity (Wildman–Crippen MR) is 72.2 cm³/mol. The quantitative estimate of drug-likeness (QED) is 0.779. The lowest BCUT2D eigenvalue weighted by molar-refractivity contribution is 0.398. The Hall–Kier alpha value is -1.14. The van der Waals surface area contributed by atoms with Crippen LogP contribution in [0.3, 0.4) is 0 Å². The Kier molecular flexibility index (Phi) is 3.96. The summed E-state index contributed by atoms with van der Waals surface area (Å²) in [6.45, 7) is 0. The Bertz CT molecular complexity index is 515. The number of halogens is 2. The summed E-state index contributed by atoms with van der Waals surface area (Å²) in [5.41, 5.74) is 0.731. The van der Waals surface area contributed by atoms with Gasteiger partial charge in [-0.1, -0.05) is 0 Å². The van der Waals surface area contributed by atoms with Gasteiger partial charge in [0.1, 0.15) is 5.76 Å². The van der Waals surface area contributed by atoms with E-state index in [0.717, 1.165) is 10.2 Å². The molecule has 0 saturated carbocycles. The van der Waals surface area contributed by atoms with E-state index in [2.05, 4.69) is 41.8 Å². The van der Waals surface area contributed by atoms with E-state index in [0.29, 0.717) is 16.3 Å². The van der Waals surface area contributed by atoms with Crippen LogP contribution >= 0.6 is 31.9 Å². The van der Waals surface area contributed by atoms with E-state index in [-0.39, 0.29) is 0 Å². The Labute approximate surface area is 115 Å². The van der Waals surface area contributed by atoms with Gasteiger partial charge in [-0.3, -0.25) is 4.99 Å². The highest BCUT2D eigenvalue weighted by molar-refractivity contribution is 9.13. The van der Waals surface area contributed by atoms with Crippen molar-refractivity contribution in [1.29, 1.82) is 0 Å². The minimum atomic E-state index is 0.562. The molecule has 0 aliphatic carbocycles. The van der Waals surface area contributed by atoms with Crippen LogP contribution in [0.5, 0.6) is 5.88 Å². The molecule has 0 aliphatic heterocycles. The highest BCUT2D eigenvalue weighted by Crippen LogP contribution is 2.26. The third-order valence-electron chi connectivity index (χ3n) is 1.93. The van der Waals surface area contributed by atoms with E-state index in [1.54, 1.807) is 25.6 Å². The minimum absolute atomic E-state index is 0.562. The van der Waals surface area contributed by atoms with E-state index < -0.39 is 0 Å². The summed E-state index contributed by atoms with van der Waals surface area (Å²) in [7, 11) is 1.57. The lowest BCUT2D eigenvalue weighted by atomic mass is 10.4. The molecule has 0 saturated heterocycles. The van der Waals surface area contributed by atoms with Crippen molar-refractivity contribution in [3.63, 3.8) is 0 Å². The first kappa shape index (κ1) is 12.3. The van der Waals surface area contributed by atoms with Gasteiger partial charge in [-0.15, -0.1) is 0 Å². The zero-order valence-electron chi connectivity index (χ0n) is 8.85. The molecule has 2 heterocycles. The molecule has 2 aromatic rings. The fraction of sp³-hybridized carbons (Fsp3) is 0.0909. The number of methoxy groups -OCH3 is 1. The standard InChI is InChI=1S/C11H8Br2N2O2/c1-16-10-3-2-7(5-15-10)14-6-8-4-9(12)11(13)17-8/h2-6H,1H3.